The van der Waals surface area contributed by atoms with Gasteiger partial charge in [-0.3, -0.25) is 0 Å². The van der Waals surface area contributed by atoms with Crippen molar-refractivity contribution in [3.63, 3.8) is 0 Å². The van der Waals surface area contributed by atoms with Gasteiger partial charge in [-0.05, 0) is 19.1 Å². The molecule has 3 nitrogen and oxygen atoms in total. The van der Waals surface area contributed by atoms with Gasteiger partial charge in [0.05, 0.1) is 19.3 Å². The Bertz CT molecular complexity index is 390. The molecule has 1 aliphatic rings. The molecule has 5 heteroatoms. The van der Waals surface area contributed by atoms with E-state index in [0.29, 0.717) is 18.8 Å². The second kappa shape index (κ2) is 4.08. The van der Waals surface area contributed by atoms with Crippen molar-refractivity contribution in [3.8, 4) is 0 Å². The largest absolute Gasteiger partial charge is 0.344 e. The Balaban J connectivity index is 2.25. The Morgan fingerprint density at radius 1 is 1.25 bits per heavy atom. The summed E-state index contributed by atoms with van der Waals surface area (Å²) in [6.45, 7) is 2.32. The van der Waals surface area contributed by atoms with E-state index in [1.807, 2.05) is 0 Å². The SMILES string of the molecule is CC1(c2ccc(F)c(F)c2)OCC(N)CO1. The molecular weight excluding hydrogens is 216 g/mol. The Morgan fingerprint density at radius 3 is 2.44 bits per heavy atom. The van der Waals surface area contributed by atoms with Crippen molar-refractivity contribution in [1.82, 2.24) is 0 Å². The summed E-state index contributed by atoms with van der Waals surface area (Å²) in [4.78, 5) is 0. The van der Waals surface area contributed by atoms with Crippen LogP contribution in [0.3, 0.4) is 0 Å². The van der Waals surface area contributed by atoms with Gasteiger partial charge in [-0.2, -0.15) is 0 Å². The minimum atomic E-state index is -1.05. The van der Waals surface area contributed by atoms with Crippen LogP contribution < -0.4 is 5.73 Å². The highest BCUT2D eigenvalue weighted by atomic mass is 19.2. The normalized spacial score (nSPS) is 30.4. The van der Waals surface area contributed by atoms with Gasteiger partial charge in [-0.15, -0.1) is 0 Å². The van der Waals surface area contributed by atoms with Crippen molar-refractivity contribution in [2.75, 3.05) is 13.2 Å². The third-order valence-corrected chi connectivity index (χ3v) is 2.59. The molecule has 0 unspecified atom stereocenters. The van der Waals surface area contributed by atoms with E-state index in [2.05, 4.69) is 0 Å². The Kier molecular flexibility index (Phi) is 2.92. The molecule has 2 N–H and O–H groups in total. The van der Waals surface area contributed by atoms with Crippen LogP contribution in [-0.4, -0.2) is 19.3 Å². The molecule has 0 radical (unpaired) electrons. The molecule has 0 amide bonds. The standard InChI is InChI=1S/C11H13F2NO2/c1-11(15-5-8(14)6-16-11)7-2-3-9(12)10(13)4-7/h2-4,8H,5-6,14H2,1H3. The molecule has 1 fully saturated rings. The molecule has 1 saturated heterocycles. The van der Waals surface area contributed by atoms with E-state index < -0.39 is 17.4 Å². The van der Waals surface area contributed by atoms with E-state index in [-0.39, 0.29) is 6.04 Å². The lowest BCUT2D eigenvalue weighted by Gasteiger charge is -2.36. The van der Waals surface area contributed by atoms with E-state index in [1.165, 1.54) is 6.07 Å². The quantitative estimate of drug-likeness (QED) is 0.793. The maximum Gasteiger partial charge on any atom is 0.192 e. The molecule has 1 aliphatic heterocycles. The van der Waals surface area contributed by atoms with Gasteiger partial charge in [-0.1, -0.05) is 6.07 Å². The number of benzene rings is 1. The summed E-state index contributed by atoms with van der Waals surface area (Å²) < 4.78 is 36.7. The zero-order valence-corrected chi connectivity index (χ0v) is 8.87. The summed E-state index contributed by atoms with van der Waals surface area (Å²) in [5, 5.41) is 0. The highest BCUT2D eigenvalue weighted by Gasteiger charge is 2.34. The molecule has 16 heavy (non-hydrogen) atoms. The fourth-order valence-corrected chi connectivity index (χ4v) is 1.57. The summed E-state index contributed by atoms with van der Waals surface area (Å²) >= 11 is 0. The molecule has 0 bridgehead atoms. The van der Waals surface area contributed by atoms with Gasteiger partial charge in [0.25, 0.3) is 0 Å². The predicted molar refractivity (Wildman–Crippen MR) is 53.6 cm³/mol. The lowest BCUT2D eigenvalue weighted by Crippen LogP contribution is -2.46. The van der Waals surface area contributed by atoms with Crippen LogP contribution in [0.1, 0.15) is 12.5 Å². The average Bonchev–Trinajstić information content (AvgIpc) is 2.26. The lowest BCUT2D eigenvalue weighted by molar-refractivity contribution is -0.270. The summed E-state index contributed by atoms with van der Waals surface area (Å²) in [5.41, 5.74) is 6.05. The van der Waals surface area contributed by atoms with Crippen LogP contribution in [0, 0.1) is 11.6 Å². The molecule has 1 aromatic rings. The first-order chi connectivity index (χ1) is 7.51. The fourth-order valence-electron chi connectivity index (χ4n) is 1.57. The maximum atomic E-state index is 13.1. The fraction of sp³-hybridized carbons (Fsp3) is 0.455. The van der Waals surface area contributed by atoms with Crippen LogP contribution in [0.15, 0.2) is 18.2 Å². The van der Waals surface area contributed by atoms with Crippen LogP contribution >= 0.6 is 0 Å². The van der Waals surface area contributed by atoms with Crippen molar-refractivity contribution < 1.29 is 18.3 Å². The lowest BCUT2D eigenvalue weighted by atomic mass is 10.1. The Hall–Kier alpha value is -1.04. The van der Waals surface area contributed by atoms with Crippen LogP contribution in [-0.2, 0) is 15.3 Å². The first-order valence-corrected chi connectivity index (χ1v) is 5.00. The smallest absolute Gasteiger partial charge is 0.192 e. The molecule has 0 aliphatic carbocycles. The van der Waals surface area contributed by atoms with E-state index in [0.717, 1.165) is 12.1 Å². The number of rotatable bonds is 1. The first-order valence-electron chi connectivity index (χ1n) is 5.00. The summed E-state index contributed by atoms with van der Waals surface area (Å²) in [6.07, 6.45) is 0. The second-order valence-electron chi connectivity index (χ2n) is 3.96. The van der Waals surface area contributed by atoms with E-state index in [1.54, 1.807) is 6.92 Å². The highest BCUT2D eigenvalue weighted by molar-refractivity contribution is 5.22. The maximum absolute atomic E-state index is 13.1. The van der Waals surface area contributed by atoms with E-state index in [9.17, 15) is 8.78 Å². The monoisotopic (exact) mass is 229 g/mol. The molecule has 0 atom stereocenters. The van der Waals surface area contributed by atoms with Gasteiger partial charge in [0, 0.05) is 5.56 Å². The molecule has 88 valence electrons. The third kappa shape index (κ3) is 2.07. The summed E-state index contributed by atoms with van der Waals surface area (Å²) in [7, 11) is 0. The minimum Gasteiger partial charge on any atom is -0.344 e. The van der Waals surface area contributed by atoms with Gasteiger partial charge >= 0.3 is 0 Å². The summed E-state index contributed by atoms with van der Waals surface area (Å²) in [5.74, 6) is -2.86. The summed E-state index contributed by atoms with van der Waals surface area (Å²) in [6, 6.07) is 3.39. The zero-order chi connectivity index (χ0) is 11.8. The number of halogens is 2. The van der Waals surface area contributed by atoms with Gasteiger partial charge in [-0.25, -0.2) is 8.78 Å². The topological polar surface area (TPSA) is 44.5 Å². The number of hydrogen-bond acceptors (Lipinski definition) is 3. The first kappa shape index (κ1) is 11.4. The van der Waals surface area contributed by atoms with Gasteiger partial charge in [0.15, 0.2) is 17.4 Å². The van der Waals surface area contributed by atoms with Crippen molar-refractivity contribution in [2.45, 2.75) is 18.8 Å². The molecule has 0 spiro atoms. The van der Waals surface area contributed by atoms with Gasteiger partial charge in [0.2, 0.25) is 0 Å². The molecule has 0 saturated carbocycles. The average molecular weight is 229 g/mol. The van der Waals surface area contributed by atoms with Crippen molar-refractivity contribution in [2.24, 2.45) is 5.73 Å². The van der Waals surface area contributed by atoms with Crippen LogP contribution in [0.2, 0.25) is 0 Å². The molecule has 1 heterocycles. The number of ether oxygens (including phenoxy) is 2. The number of nitrogens with two attached hydrogens (primary N) is 1. The molecular formula is C11H13F2NO2. The van der Waals surface area contributed by atoms with E-state index >= 15 is 0 Å². The molecule has 2 rings (SSSR count). The molecule has 0 aromatic heterocycles. The van der Waals surface area contributed by atoms with Gasteiger partial charge in [0.1, 0.15) is 0 Å². The molecule has 1 aromatic carbocycles. The van der Waals surface area contributed by atoms with Crippen LogP contribution in [0.4, 0.5) is 8.78 Å². The van der Waals surface area contributed by atoms with Crippen molar-refractivity contribution in [1.29, 1.82) is 0 Å². The zero-order valence-electron chi connectivity index (χ0n) is 8.87. The van der Waals surface area contributed by atoms with E-state index in [4.69, 9.17) is 15.2 Å². The highest BCUT2D eigenvalue weighted by Crippen LogP contribution is 2.30. The van der Waals surface area contributed by atoms with Crippen LogP contribution in [0.5, 0.6) is 0 Å². The second-order valence-corrected chi connectivity index (χ2v) is 3.96. The minimum absolute atomic E-state index is 0.182. The van der Waals surface area contributed by atoms with Crippen molar-refractivity contribution >= 4 is 0 Å². The Morgan fingerprint density at radius 2 is 1.88 bits per heavy atom. The number of hydrogen-bond donors (Lipinski definition) is 1. The Labute approximate surface area is 92.1 Å². The van der Waals surface area contributed by atoms with Gasteiger partial charge < -0.3 is 15.2 Å². The predicted octanol–water partition coefficient (Wildman–Crippen LogP) is 1.51. The third-order valence-electron chi connectivity index (χ3n) is 2.59. The van der Waals surface area contributed by atoms with Crippen LogP contribution in [0.25, 0.3) is 0 Å². The van der Waals surface area contributed by atoms with Crippen molar-refractivity contribution in [3.05, 3.63) is 35.4 Å².